The van der Waals surface area contributed by atoms with Crippen LogP contribution < -0.4 is 28.4 Å². The fraction of sp³-hybridized carbons (Fsp3) is 0.122. The third-order valence-corrected chi connectivity index (χ3v) is 8.63. The Bertz CT molecular complexity index is 2280. The topological polar surface area (TPSA) is 92.7 Å². The summed E-state index contributed by atoms with van der Waals surface area (Å²) in [5.74, 6) is 2.06. The zero-order valence-electron chi connectivity index (χ0n) is 31.9. The van der Waals surface area contributed by atoms with Crippen LogP contribution in [0.15, 0.2) is 170 Å². The van der Waals surface area contributed by atoms with E-state index in [0.29, 0.717) is 72.1 Å². The Kier molecular flexibility index (Phi) is 14.2. The second-order valence-electron chi connectivity index (χ2n) is 12.8. The highest BCUT2D eigenvalue weighted by atomic mass is 16.5. The van der Waals surface area contributed by atoms with Gasteiger partial charge in [0, 0.05) is 6.08 Å². The predicted octanol–water partition coefficient (Wildman–Crippen LogP) is 10.8. The molecule has 6 aromatic rings. The molecule has 0 spiro atoms. The summed E-state index contributed by atoms with van der Waals surface area (Å²) < 4.78 is 36.3. The maximum Gasteiger partial charge on any atom is 0.203 e. The summed E-state index contributed by atoms with van der Waals surface area (Å²) in [6.45, 7) is 1.23. The Labute approximate surface area is 333 Å². The van der Waals surface area contributed by atoms with Crippen molar-refractivity contribution in [2.24, 2.45) is 0 Å². The van der Waals surface area contributed by atoms with E-state index in [-0.39, 0.29) is 5.76 Å². The number of benzene rings is 6. The number of methoxy groups -OCH3 is 2. The molecule has 0 unspecified atom stereocenters. The third-order valence-electron chi connectivity index (χ3n) is 8.63. The van der Waals surface area contributed by atoms with Gasteiger partial charge >= 0.3 is 0 Å². The van der Waals surface area contributed by atoms with Gasteiger partial charge in [-0.1, -0.05) is 133 Å². The maximum atomic E-state index is 13.0. The Morgan fingerprint density at radius 1 is 0.474 bits per heavy atom. The van der Waals surface area contributed by atoms with Crippen LogP contribution in [0.1, 0.15) is 33.4 Å². The SMILES string of the molecule is COc1cc(C=CC(=O)/C=C(\O)C=Cc2cc(OC)c(OCc3ccccc3)c(OCc3ccccc3)c2)cc(OCc2ccccc2)c1OCc1ccccc1. The van der Waals surface area contributed by atoms with Crippen LogP contribution in [-0.2, 0) is 31.2 Å². The number of carbonyl (C=O) groups is 1. The smallest absolute Gasteiger partial charge is 0.203 e. The van der Waals surface area contributed by atoms with Gasteiger partial charge in [-0.3, -0.25) is 4.79 Å². The molecule has 6 rings (SSSR count). The number of aliphatic hydroxyl groups is 1. The first-order valence-corrected chi connectivity index (χ1v) is 18.4. The van der Waals surface area contributed by atoms with E-state index in [2.05, 4.69) is 0 Å². The first-order valence-electron chi connectivity index (χ1n) is 18.4. The van der Waals surface area contributed by atoms with E-state index >= 15 is 0 Å². The molecule has 0 amide bonds. The molecule has 8 nitrogen and oxygen atoms in total. The van der Waals surface area contributed by atoms with Gasteiger partial charge in [-0.15, -0.1) is 0 Å². The quantitative estimate of drug-likeness (QED) is 0.0496. The average Bonchev–Trinajstić information content (AvgIpc) is 3.26. The van der Waals surface area contributed by atoms with E-state index in [9.17, 15) is 9.90 Å². The third kappa shape index (κ3) is 11.9. The Hall–Kier alpha value is -7.19. The second-order valence-corrected chi connectivity index (χ2v) is 12.8. The van der Waals surface area contributed by atoms with Crippen LogP contribution in [0.25, 0.3) is 12.2 Å². The first-order chi connectivity index (χ1) is 28.0. The van der Waals surface area contributed by atoms with Crippen molar-refractivity contribution in [1.29, 1.82) is 0 Å². The molecule has 57 heavy (non-hydrogen) atoms. The van der Waals surface area contributed by atoms with Crippen LogP contribution in [0.3, 0.4) is 0 Å². The molecule has 0 aliphatic heterocycles. The number of hydrogen-bond donors (Lipinski definition) is 1. The molecule has 0 heterocycles. The van der Waals surface area contributed by atoms with Crippen LogP contribution in [-0.4, -0.2) is 25.1 Å². The van der Waals surface area contributed by atoms with Gasteiger partial charge in [-0.2, -0.15) is 0 Å². The normalized spacial score (nSPS) is 11.4. The lowest BCUT2D eigenvalue weighted by Crippen LogP contribution is -2.03. The number of allylic oxidation sites excluding steroid dienone is 3. The van der Waals surface area contributed by atoms with Gasteiger partial charge < -0.3 is 33.5 Å². The lowest BCUT2D eigenvalue weighted by Gasteiger charge is -2.17. The minimum absolute atomic E-state index is 0.242. The van der Waals surface area contributed by atoms with E-state index < -0.39 is 5.78 Å². The number of ether oxygens (including phenoxy) is 6. The lowest BCUT2D eigenvalue weighted by molar-refractivity contribution is -0.110. The van der Waals surface area contributed by atoms with Crippen molar-refractivity contribution >= 4 is 17.9 Å². The molecule has 6 aromatic carbocycles. The van der Waals surface area contributed by atoms with Crippen molar-refractivity contribution in [1.82, 2.24) is 0 Å². The molecule has 1 N–H and O–H groups in total. The van der Waals surface area contributed by atoms with Crippen molar-refractivity contribution in [2.75, 3.05) is 14.2 Å². The van der Waals surface area contributed by atoms with Crippen LogP contribution in [0.4, 0.5) is 0 Å². The summed E-state index contributed by atoms with van der Waals surface area (Å²) in [6, 6.07) is 46.4. The summed E-state index contributed by atoms with van der Waals surface area (Å²) in [5.41, 5.74) is 5.26. The zero-order chi connectivity index (χ0) is 39.7. The maximum absolute atomic E-state index is 13.0. The van der Waals surface area contributed by atoms with Crippen molar-refractivity contribution in [3.63, 3.8) is 0 Å². The molecule has 8 heteroatoms. The first kappa shape index (κ1) is 39.5. The average molecular weight is 761 g/mol. The monoisotopic (exact) mass is 760 g/mol. The molecular formula is C49H44O8. The molecule has 0 radical (unpaired) electrons. The largest absolute Gasteiger partial charge is 0.508 e. The molecule has 0 bridgehead atoms. The summed E-state index contributed by atoms with van der Waals surface area (Å²) in [4.78, 5) is 13.0. The zero-order valence-corrected chi connectivity index (χ0v) is 31.9. The Morgan fingerprint density at radius 3 is 1.18 bits per heavy atom. The van der Waals surface area contributed by atoms with Gasteiger partial charge in [0.2, 0.25) is 11.5 Å². The van der Waals surface area contributed by atoms with Crippen molar-refractivity contribution in [3.05, 3.63) is 203 Å². The van der Waals surface area contributed by atoms with Crippen LogP contribution in [0, 0.1) is 0 Å². The second kappa shape index (κ2) is 20.5. The van der Waals surface area contributed by atoms with Gasteiger partial charge in [-0.05, 0) is 69.8 Å². The van der Waals surface area contributed by atoms with Crippen molar-refractivity contribution in [2.45, 2.75) is 26.4 Å². The van der Waals surface area contributed by atoms with E-state index in [1.54, 1.807) is 50.6 Å². The summed E-state index contributed by atoms with van der Waals surface area (Å²) in [5, 5.41) is 10.8. The van der Waals surface area contributed by atoms with Gasteiger partial charge in [0.15, 0.2) is 28.8 Å². The number of aliphatic hydroxyl groups excluding tert-OH is 1. The number of carbonyl (C=O) groups excluding carboxylic acids is 1. The molecule has 0 atom stereocenters. The predicted molar refractivity (Wildman–Crippen MR) is 223 cm³/mol. The molecule has 0 aromatic heterocycles. The fourth-order valence-corrected chi connectivity index (χ4v) is 5.72. The highest BCUT2D eigenvalue weighted by Crippen LogP contribution is 2.41. The minimum Gasteiger partial charge on any atom is -0.508 e. The van der Waals surface area contributed by atoms with Crippen LogP contribution in [0.2, 0.25) is 0 Å². The fourth-order valence-electron chi connectivity index (χ4n) is 5.72. The standard InChI is InChI=1S/C49H44O8/c1-52-44-27-40(29-46(54-32-36-15-7-3-8-16-36)48(44)56-34-38-19-11-5-12-20-38)23-25-42(50)31-43(51)26-24-41-28-45(53-2)49(57-35-39-21-13-6-14-22-39)47(30-41)55-33-37-17-9-4-10-18-37/h3-31,50H,32-35H2,1-2H3/b25-23?,26-24?,42-31-. The molecule has 0 aliphatic rings. The molecule has 0 fully saturated rings. The molecule has 0 saturated heterocycles. The van der Waals surface area contributed by atoms with Crippen LogP contribution in [0.5, 0.6) is 34.5 Å². The van der Waals surface area contributed by atoms with Gasteiger partial charge in [0.25, 0.3) is 0 Å². The Balaban J connectivity index is 1.19. The molecule has 0 saturated carbocycles. The van der Waals surface area contributed by atoms with Gasteiger partial charge in [-0.25, -0.2) is 0 Å². The molecular weight excluding hydrogens is 717 g/mol. The van der Waals surface area contributed by atoms with Crippen LogP contribution >= 0.6 is 0 Å². The summed E-state index contributed by atoms with van der Waals surface area (Å²) in [6.07, 6.45) is 7.22. The van der Waals surface area contributed by atoms with Crippen molar-refractivity contribution < 1.29 is 38.3 Å². The Morgan fingerprint density at radius 2 is 0.807 bits per heavy atom. The summed E-state index contributed by atoms with van der Waals surface area (Å²) >= 11 is 0. The summed E-state index contributed by atoms with van der Waals surface area (Å²) in [7, 11) is 3.11. The molecule has 288 valence electrons. The van der Waals surface area contributed by atoms with E-state index in [4.69, 9.17) is 28.4 Å². The van der Waals surface area contributed by atoms with E-state index in [1.165, 1.54) is 12.2 Å². The van der Waals surface area contributed by atoms with Gasteiger partial charge in [0.1, 0.15) is 32.2 Å². The number of rotatable bonds is 19. The number of ketones is 1. The highest BCUT2D eigenvalue weighted by molar-refractivity contribution is 6.02. The van der Waals surface area contributed by atoms with E-state index in [0.717, 1.165) is 28.3 Å². The van der Waals surface area contributed by atoms with Gasteiger partial charge in [0.05, 0.1) is 14.2 Å². The highest BCUT2D eigenvalue weighted by Gasteiger charge is 2.17. The molecule has 0 aliphatic carbocycles. The number of hydrogen-bond acceptors (Lipinski definition) is 8. The minimum atomic E-state index is -0.429. The van der Waals surface area contributed by atoms with Crippen molar-refractivity contribution in [3.8, 4) is 34.5 Å². The van der Waals surface area contributed by atoms with E-state index in [1.807, 2.05) is 121 Å². The lowest BCUT2D eigenvalue weighted by atomic mass is 10.1.